The highest BCUT2D eigenvalue weighted by atomic mass is 32.2. The molecule has 0 unspecified atom stereocenters. The summed E-state index contributed by atoms with van der Waals surface area (Å²) >= 11 is 0. The van der Waals surface area contributed by atoms with Gasteiger partial charge in [0, 0.05) is 12.5 Å². The Kier molecular flexibility index (Phi) is 6.86. The summed E-state index contributed by atoms with van der Waals surface area (Å²) in [6.07, 6.45) is 4.24. The van der Waals surface area contributed by atoms with Crippen LogP contribution in [0.5, 0.6) is 0 Å². The van der Waals surface area contributed by atoms with Crippen LogP contribution in [-0.4, -0.2) is 19.3 Å². The van der Waals surface area contributed by atoms with E-state index in [0.29, 0.717) is 17.1 Å². The molecule has 4 aromatic carbocycles. The molecule has 3 nitrogen and oxygen atoms in total. The van der Waals surface area contributed by atoms with Crippen LogP contribution >= 0.6 is 0 Å². The lowest BCUT2D eigenvalue weighted by Gasteiger charge is -2.29. The van der Waals surface area contributed by atoms with E-state index in [1.807, 2.05) is 74.5 Å². The van der Waals surface area contributed by atoms with Gasteiger partial charge in [-0.15, -0.1) is 0 Å². The van der Waals surface area contributed by atoms with E-state index in [9.17, 15) is 8.42 Å². The van der Waals surface area contributed by atoms with Gasteiger partial charge in [-0.3, -0.25) is 4.31 Å². The van der Waals surface area contributed by atoms with E-state index in [4.69, 9.17) is 0 Å². The number of sulfonamides is 1. The Labute approximate surface area is 220 Å². The molecule has 1 aliphatic heterocycles. The highest BCUT2D eigenvalue weighted by Gasteiger charge is 2.32. The van der Waals surface area contributed by atoms with Gasteiger partial charge in [-0.05, 0) is 61.2 Å². The molecule has 0 aromatic heterocycles. The molecular weight excluding hydrogens is 474 g/mol. The number of nitrogens with zero attached hydrogens (tertiary/aromatic N) is 1. The van der Waals surface area contributed by atoms with Crippen molar-refractivity contribution in [3.63, 3.8) is 0 Å². The Morgan fingerprint density at radius 2 is 1.16 bits per heavy atom. The molecule has 0 saturated carbocycles. The van der Waals surface area contributed by atoms with Gasteiger partial charge in [-0.2, -0.15) is 0 Å². The van der Waals surface area contributed by atoms with Crippen molar-refractivity contribution >= 4 is 21.3 Å². The molecule has 0 saturated heterocycles. The van der Waals surface area contributed by atoms with Gasteiger partial charge in [0.25, 0.3) is 10.0 Å². The van der Waals surface area contributed by atoms with Crippen molar-refractivity contribution in [2.75, 3.05) is 6.54 Å². The van der Waals surface area contributed by atoms with E-state index < -0.39 is 10.0 Å². The van der Waals surface area contributed by atoms with Crippen LogP contribution in [0.2, 0.25) is 0 Å². The molecule has 4 heteroatoms. The summed E-state index contributed by atoms with van der Waals surface area (Å²) in [7, 11) is -3.83. The van der Waals surface area contributed by atoms with Crippen molar-refractivity contribution in [1.29, 1.82) is 0 Å². The summed E-state index contributed by atoms with van der Waals surface area (Å²) in [6.45, 7) is 6.37. The first-order chi connectivity index (χ1) is 17.8. The van der Waals surface area contributed by atoms with E-state index >= 15 is 0 Å². The highest BCUT2D eigenvalue weighted by Crippen LogP contribution is 2.37. The number of hydrogen-bond acceptors (Lipinski definition) is 2. The maximum atomic E-state index is 14.2. The van der Waals surface area contributed by atoms with Crippen molar-refractivity contribution in [2.45, 2.75) is 31.6 Å². The molecule has 0 radical (unpaired) electrons. The van der Waals surface area contributed by atoms with Crippen LogP contribution in [0.15, 0.2) is 120 Å². The Morgan fingerprint density at radius 1 is 0.649 bits per heavy atom. The Hall–Kier alpha value is -3.89. The third kappa shape index (κ3) is 5.30. The van der Waals surface area contributed by atoms with Crippen molar-refractivity contribution < 1.29 is 8.42 Å². The monoisotopic (exact) mass is 505 g/mol. The van der Waals surface area contributed by atoms with Gasteiger partial charge in [0.2, 0.25) is 0 Å². The fraction of sp³-hybridized carbons (Fsp3) is 0.152. The smallest absolute Gasteiger partial charge is 0.264 e. The summed E-state index contributed by atoms with van der Waals surface area (Å²) in [5.74, 6) is -0.128. The summed E-state index contributed by atoms with van der Waals surface area (Å²) in [6, 6.07) is 33.7. The van der Waals surface area contributed by atoms with Gasteiger partial charge >= 0.3 is 0 Å². The zero-order valence-electron chi connectivity index (χ0n) is 21.4. The predicted octanol–water partition coefficient (Wildman–Crippen LogP) is 7.52. The number of aryl methyl sites for hydroxylation is 3. The van der Waals surface area contributed by atoms with E-state index in [-0.39, 0.29) is 5.92 Å². The predicted molar refractivity (Wildman–Crippen MR) is 153 cm³/mol. The lowest BCUT2D eigenvalue weighted by Crippen LogP contribution is -2.32. The first kappa shape index (κ1) is 24.8. The summed E-state index contributed by atoms with van der Waals surface area (Å²) in [5, 5.41) is 0. The molecule has 186 valence electrons. The third-order valence-electron chi connectivity index (χ3n) is 6.87. The summed E-state index contributed by atoms with van der Waals surface area (Å²) < 4.78 is 30.1. The number of benzene rings is 4. The molecule has 1 aliphatic rings. The average Bonchev–Trinajstić information content (AvgIpc) is 3.12. The maximum absolute atomic E-state index is 14.2. The van der Waals surface area contributed by atoms with Crippen molar-refractivity contribution in [2.24, 2.45) is 0 Å². The molecule has 0 spiro atoms. The largest absolute Gasteiger partial charge is 0.265 e. The normalized spacial score (nSPS) is 16.1. The number of hydrogen-bond donors (Lipinski definition) is 0. The molecule has 0 amide bonds. The second-order valence-electron chi connectivity index (χ2n) is 9.75. The lowest BCUT2D eigenvalue weighted by atomic mass is 9.94. The SMILES string of the molecule is Cc1ccc(C2=C[C@@H](c3ccccc3)CN(S(=O)(=O)c3ccc(C)cc3)C(c3ccc(C)cc3)=C2)cc1. The van der Waals surface area contributed by atoms with Crippen molar-refractivity contribution in [3.05, 3.63) is 149 Å². The molecule has 37 heavy (non-hydrogen) atoms. The fourth-order valence-corrected chi connectivity index (χ4v) is 6.17. The van der Waals surface area contributed by atoms with Gasteiger partial charge in [0.15, 0.2) is 0 Å². The summed E-state index contributed by atoms with van der Waals surface area (Å²) in [5.41, 5.74) is 8.02. The second-order valence-corrected chi connectivity index (χ2v) is 11.6. The van der Waals surface area contributed by atoms with Crippen LogP contribution < -0.4 is 0 Å². The molecule has 4 aromatic rings. The zero-order valence-corrected chi connectivity index (χ0v) is 22.2. The molecular formula is C33H31NO2S. The third-order valence-corrected chi connectivity index (χ3v) is 8.67. The molecule has 0 N–H and O–H groups in total. The second kappa shape index (κ2) is 10.2. The Morgan fingerprint density at radius 3 is 1.73 bits per heavy atom. The van der Waals surface area contributed by atoms with Crippen LogP contribution in [0, 0.1) is 20.8 Å². The molecule has 0 fully saturated rings. The van der Waals surface area contributed by atoms with Gasteiger partial charge in [0.05, 0.1) is 10.6 Å². The molecule has 1 heterocycles. The first-order valence-corrected chi connectivity index (χ1v) is 14.0. The Balaban J connectivity index is 1.73. The van der Waals surface area contributed by atoms with Crippen LogP contribution in [0.1, 0.15) is 39.3 Å². The average molecular weight is 506 g/mol. The van der Waals surface area contributed by atoms with Crippen LogP contribution in [0.4, 0.5) is 0 Å². The van der Waals surface area contributed by atoms with Crippen LogP contribution in [-0.2, 0) is 10.0 Å². The van der Waals surface area contributed by atoms with Gasteiger partial charge < -0.3 is 0 Å². The minimum absolute atomic E-state index is 0.128. The van der Waals surface area contributed by atoms with Gasteiger partial charge in [-0.25, -0.2) is 8.42 Å². The minimum Gasteiger partial charge on any atom is -0.265 e. The zero-order chi connectivity index (χ0) is 26.0. The standard InChI is InChI=1S/C33H31NO2S/c1-24-9-15-28(16-10-24)30-21-31(27-7-5-4-6-8-27)23-34(33(22-30)29-17-11-25(2)12-18-29)37(35,36)32-19-13-26(3)14-20-32/h4-22,31H,23H2,1-3H3/t31-/m1/s1. The molecule has 5 rings (SSSR count). The van der Waals surface area contributed by atoms with E-state index in [2.05, 4.69) is 49.4 Å². The van der Waals surface area contributed by atoms with Crippen LogP contribution in [0.25, 0.3) is 11.3 Å². The topological polar surface area (TPSA) is 37.4 Å². The molecule has 0 aliphatic carbocycles. The minimum atomic E-state index is -3.83. The van der Waals surface area contributed by atoms with E-state index in [0.717, 1.165) is 33.4 Å². The van der Waals surface area contributed by atoms with Crippen LogP contribution in [0.3, 0.4) is 0 Å². The van der Waals surface area contributed by atoms with Crippen molar-refractivity contribution in [3.8, 4) is 0 Å². The maximum Gasteiger partial charge on any atom is 0.264 e. The van der Waals surface area contributed by atoms with Gasteiger partial charge in [-0.1, -0.05) is 114 Å². The number of allylic oxidation sites excluding steroid dienone is 2. The van der Waals surface area contributed by atoms with Gasteiger partial charge in [0.1, 0.15) is 0 Å². The van der Waals surface area contributed by atoms with E-state index in [1.165, 1.54) is 5.56 Å². The highest BCUT2D eigenvalue weighted by molar-refractivity contribution is 7.89. The number of rotatable bonds is 5. The fourth-order valence-electron chi connectivity index (χ4n) is 4.66. The first-order valence-electron chi connectivity index (χ1n) is 12.5. The molecule has 1 atom stereocenters. The van der Waals surface area contributed by atoms with E-state index in [1.54, 1.807) is 16.4 Å². The Bertz CT molecular complexity index is 1550. The van der Waals surface area contributed by atoms with Crippen molar-refractivity contribution in [1.82, 2.24) is 4.31 Å². The molecule has 0 bridgehead atoms. The lowest BCUT2D eigenvalue weighted by molar-refractivity contribution is 0.499. The quantitative estimate of drug-likeness (QED) is 0.281. The summed E-state index contributed by atoms with van der Waals surface area (Å²) in [4.78, 5) is 0.293.